The Labute approximate surface area is 114 Å². The molecule has 1 unspecified atom stereocenters. The van der Waals surface area contributed by atoms with Crippen molar-refractivity contribution in [3.8, 4) is 0 Å². The van der Waals surface area contributed by atoms with E-state index in [0.29, 0.717) is 4.99 Å². The lowest BCUT2D eigenvalue weighted by atomic mass is 9.95. The average Bonchev–Trinajstić information content (AvgIpc) is 2.28. The zero-order chi connectivity index (χ0) is 13.2. The highest BCUT2D eigenvalue weighted by Crippen LogP contribution is 2.21. The molecule has 3 nitrogen and oxygen atoms in total. The molecule has 0 amide bonds. The lowest BCUT2D eigenvalue weighted by Gasteiger charge is -2.36. The van der Waals surface area contributed by atoms with Crippen LogP contribution in [0.1, 0.15) is 30.9 Å². The number of piperidine rings is 1. The summed E-state index contributed by atoms with van der Waals surface area (Å²) >= 11 is 4.93. The molecule has 1 aliphatic heterocycles. The second kappa shape index (κ2) is 5.34. The largest absolute Gasteiger partial charge is 0.389 e. The highest BCUT2D eigenvalue weighted by molar-refractivity contribution is 7.80. The molecule has 1 aliphatic rings. The molecule has 0 aliphatic carbocycles. The van der Waals surface area contributed by atoms with Gasteiger partial charge in [0.05, 0.1) is 5.60 Å². The first kappa shape index (κ1) is 13.5. The van der Waals surface area contributed by atoms with E-state index in [1.165, 1.54) is 5.56 Å². The van der Waals surface area contributed by atoms with Crippen LogP contribution in [0.4, 0.5) is 0 Å². The van der Waals surface area contributed by atoms with E-state index in [0.717, 1.165) is 38.0 Å². The van der Waals surface area contributed by atoms with Gasteiger partial charge in [-0.3, -0.25) is 4.90 Å². The lowest BCUT2D eigenvalue weighted by molar-refractivity contribution is -0.0181. The van der Waals surface area contributed by atoms with Gasteiger partial charge >= 0.3 is 0 Å². The van der Waals surface area contributed by atoms with Crippen LogP contribution in [0.5, 0.6) is 0 Å². The summed E-state index contributed by atoms with van der Waals surface area (Å²) in [7, 11) is 0. The predicted molar refractivity (Wildman–Crippen MR) is 77.5 cm³/mol. The molecule has 1 atom stereocenters. The molecular weight excluding hydrogens is 244 g/mol. The number of hydrogen-bond acceptors (Lipinski definition) is 3. The molecule has 0 bridgehead atoms. The van der Waals surface area contributed by atoms with Crippen LogP contribution < -0.4 is 5.73 Å². The van der Waals surface area contributed by atoms with E-state index in [1.54, 1.807) is 0 Å². The van der Waals surface area contributed by atoms with Crippen molar-refractivity contribution in [2.24, 2.45) is 5.73 Å². The van der Waals surface area contributed by atoms with Crippen molar-refractivity contribution in [3.63, 3.8) is 0 Å². The summed E-state index contributed by atoms with van der Waals surface area (Å²) in [5.41, 5.74) is 7.16. The molecule has 1 fully saturated rings. The highest BCUT2D eigenvalue weighted by Gasteiger charge is 2.27. The number of rotatable bonds is 3. The van der Waals surface area contributed by atoms with Crippen molar-refractivity contribution >= 4 is 17.2 Å². The zero-order valence-electron chi connectivity index (χ0n) is 10.7. The Morgan fingerprint density at radius 3 is 2.67 bits per heavy atom. The van der Waals surface area contributed by atoms with E-state index >= 15 is 0 Å². The second-order valence-corrected chi connectivity index (χ2v) is 5.81. The number of thiocarbonyl (C=S) groups is 1. The van der Waals surface area contributed by atoms with Gasteiger partial charge in [0.2, 0.25) is 0 Å². The van der Waals surface area contributed by atoms with Gasteiger partial charge in [0, 0.05) is 18.7 Å². The fraction of sp³-hybridized carbons (Fsp3) is 0.500. The predicted octanol–water partition coefficient (Wildman–Crippen LogP) is 1.67. The van der Waals surface area contributed by atoms with Gasteiger partial charge in [0.25, 0.3) is 0 Å². The minimum atomic E-state index is -0.545. The first-order valence-corrected chi connectivity index (χ1v) is 6.71. The summed E-state index contributed by atoms with van der Waals surface area (Å²) in [6.07, 6.45) is 1.95. The number of likely N-dealkylation sites (tertiary alicyclic amines) is 1. The summed E-state index contributed by atoms with van der Waals surface area (Å²) < 4.78 is 0. The molecule has 0 aromatic heterocycles. The van der Waals surface area contributed by atoms with Crippen molar-refractivity contribution in [1.82, 2.24) is 4.90 Å². The quantitative estimate of drug-likeness (QED) is 0.815. The van der Waals surface area contributed by atoms with Crippen molar-refractivity contribution in [1.29, 1.82) is 0 Å². The van der Waals surface area contributed by atoms with Gasteiger partial charge in [0.15, 0.2) is 0 Å². The first-order chi connectivity index (χ1) is 8.46. The van der Waals surface area contributed by atoms with E-state index in [2.05, 4.69) is 17.0 Å². The molecule has 1 aromatic rings. The van der Waals surface area contributed by atoms with Gasteiger partial charge in [0.1, 0.15) is 4.99 Å². The van der Waals surface area contributed by atoms with Crippen LogP contribution in [0.2, 0.25) is 0 Å². The third-order valence-corrected chi connectivity index (χ3v) is 3.63. The Bertz CT molecular complexity index is 428. The molecular formula is C14H20N2OS. The first-order valence-electron chi connectivity index (χ1n) is 6.30. The Morgan fingerprint density at radius 1 is 1.44 bits per heavy atom. The standard InChI is InChI=1S/C14H20N2OS/c1-14(17)7-2-8-16(10-14)9-11-3-5-12(6-4-11)13(15)18/h3-6,17H,2,7-10H2,1H3,(H2,15,18). The summed E-state index contributed by atoms with van der Waals surface area (Å²) in [6.45, 7) is 4.57. The molecule has 0 radical (unpaired) electrons. The van der Waals surface area contributed by atoms with Crippen molar-refractivity contribution in [3.05, 3.63) is 35.4 Å². The van der Waals surface area contributed by atoms with E-state index in [1.807, 2.05) is 19.1 Å². The van der Waals surface area contributed by atoms with Gasteiger partial charge in [-0.25, -0.2) is 0 Å². The Kier molecular flexibility index (Phi) is 4.00. The SMILES string of the molecule is CC1(O)CCCN(Cc2ccc(C(N)=S)cc2)C1. The van der Waals surface area contributed by atoms with Gasteiger partial charge in [-0.05, 0) is 31.9 Å². The Balaban J connectivity index is 1.99. The van der Waals surface area contributed by atoms with E-state index in [9.17, 15) is 5.11 Å². The normalized spacial score (nSPS) is 25.0. The monoisotopic (exact) mass is 264 g/mol. The average molecular weight is 264 g/mol. The summed E-state index contributed by atoms with van der Waals surface area (Å²) in [5.74, 6) is 0. The number of nitrogens with zero attached hydrogens (tertiary/aromatic N) is 1. The summed E-state index contributed by atoms with van der Waals surface area (Å²) in [6, 6.07) is 8.02. The minimum absolute atomic E-state index is 0.433. The van der Waals surface area contributed by atoms with Crippen LogP contribution in [0, 0.1) is 0 Å². The molecule has 18 heavy (non-hydrogen) atoms. The van der Waals surface area contributed by atoms with Crippen LogP contribution in [0.25, 0.3) is 0 Å². The van der Waals surface area contributed by atoms with Crippen LogP contribution in [0.3, 0.4) is 0 Å². The maximum absolute atomic E-state index is 10.1. The summed E-state index contributed by atoms with van der Waals surface area (Å²) in [5, 5.41) is 10.1. The Hall–Kier alpha value is -0.970. The lowest BCUT2D eigenvalue weighted by Crippen LogP contribution is -2.45. The van der Waals surface area contributed by atoms with Gasteiger partial charge in [-0.2, -0.15) is 0 Å². The fourth-order valence-corrected chi connectivity index (χ4v) is 2.63. The van der Waals surface area contributed by atoms with Gasteiger partial charge in [-0.15, -0.1) is 0 Å². The molecule has 98 valence electrons. The minimum Gasteiger partial charge on any atom is -0.389 e. The Morgan fingerprint density at radius 2 is 2.11 bits per heavy atom. The number of β-amino-alcohol motifs (C(OH)–C–C–N with tert-alkyl or cyclic N) is 1. The molecule has 2 rings (SSSR count). The molecule has 0 saturated carbocycles. The van der Waals surface area contributed by atoms with Crippen LogP contribution in [0.15, 0.2) is 24.3 Å². The van der Waals surface area contributed by atoms with Crippen molar-refractivity contribution in [2.45, 2.75) is 31.9 Å². The zero-order valence-corrected chi connectivity index (χ0v) is 11.5. The van der Waals surface area contributed by atoms with Crippen LogP contribution >= 0.6 is 12.2 Å². The topological polar surface area (TPSA) is 49.5 Å². The number of hydrogen-bond donors (Lipinski definition) is 2. The van der Waals surface area contributed by atoms with Crippen molar-refractivity contribution < 1.29 is 5.11 Å². The molecule has 0 spiro atoms. The molecule has 1 saturated heterocycles. The van der Waals surface area contributed by atoms with E-state index in [-0.39, 0.29) is 0 Å². The number of aliphatic hydroxyl groups is 1. The number of benzene rings is 1. The second-order valence-electron chi connectivity index (χ2n) is 5.37. The van der Waals surface area contributed by atoms with Crippen LogP contribution in [-0.4, -0.2) is 33.7 Å². The maximum atomic E-state index is 10.1. The summed E-state index contributed by atoms with van der Waals surface area (Å²) in [4.78, 5) is 2.72. The third kappa shape index (κ3) is 3.51. The third-order valence-electron chi connectivity index (χ3n) is 3.40. The smallest absolute Gasteiger partial charge is 0.103 e. The highest BCUT2D eigenvalue weighted by atomic mass is 32.1. The number of nitrogens with two attached hydrogens (primary N) is 1. The fourth-order valence-electron chi connectivity index (χ4n) is 2.49. The maximum Gasteiger partial charge on any atom is 0.103 e. The van der Waals surface area contributed by atoms with Gasteiger partial charge in [-0.1, -0.05) is 36.5 Å². The van der Waals surface area contributed by atoms with E-state index < -0.39 is 5.60 Å². The molecule has 4 heteroatoms. The van der Waals surface area contributed by atoms with Gasteiger partial charge < -0.3 is 10.8 Å². The molecule has 1 heterocycles. The molecule has 3 N–H and O–H groups in total. The van der Waals surface area contributed by atoms with E-state index in [4.69, 9.17) is 18.0 Å². The van der Waals surface area contributed by atoms with Crippen molar-refractivity contribution in [2.75, 3.05) is 13.1 Å². The van der Waals surface area contributed by atoms with Crippen LogP contribution in [-0.2, 0) is 6.54 Å². The molecule has 1 aromatic carbocycles.